The Morgan fingerprint density at radius 2 is 2.06 bits per heavy atom. The summed E-state index contributed by atoms with van der Waals surface area (Å²) >= 11 is 1.56. The molecule has 1 N–H and O–H groups in total. The molecule has 4 nitrogen and oxygen atoms in total. The van der Waals surface area contributed by atoms with Gasteiger partial charge in [-0.3, -0.25) is 4.79 Å². The molecule has 1 heterocycles. The van der Waals surface area contributed by atoms with Gasteiger partial charge in [0.2, 0.25) is 5.91 Å². The Hall–Kier alpha value is -1.75. The van der Waals surface area contributed by atoms with Crippen LogP contribution in [0, 0.1) is 0 Å². The van der Waals surface area contributed by atoms with Crippen molar-refractivity contribution in [3.63, 3.8) is 0 Å². The summed E-state index contributed by atoms with van der Waals surface area (Å²) in [4.78, 5) is 10.7. The average Bonchev–Trinajstić information content (AvgIpc) is 2.78. The SMILES string of the molecule is CC(=O)NCCc1nnc(-c2ccccc2)s1. The predicted molar refractivity (Wildman–Crippen MR) is 67.7 cm³/mol. The van der Waals surface area contributed by atoms with Gasteiger partial charge in [0.05, 0.1) is 0 Å². The second-order valence-corrected chi connectivity index (χ2v) is 4.66. The van der Waals surface area contributed by atoms with E-state index < -0.39 is 0 Å². The highest BCUT2D eigenvalue weighted by atomic mass is 32.1. The normalized spacial score (nSPS) is 10.2. The second-order valence-electron chi connectivity index (χ2n) is 3.60. The molecule has 0 saturated carbocycles. The van der Waals surface area contributed by atoms with Gasteiger partial charge in [-0.2, -0.15) is 0 Å². The van der Waals surface area contributed by atoms with E-state index >= 15 is 0 Å². The van der Waals surface area contributed by atoms with Crippen LogP contribution in [-0.4, -0.2) is 22.6 Å². The Labute approximate surface area is 104 Å². The van der Waals surface area contributed by atoms with Gasteiger partial charge in [0.1, 0.15) is 10.0 Å². The number of aromatic nitrogens is 2. The van der Waals surface area contributed by atoms with Gasteiger partial charge in [0.15, 0.2) is 0 Å². The molecule has 0 spiro atoms. The molecule has 0 unspecified atom stereocenters. The Morgan fingerprint density at radius 3 is 2.76 bits per heavy atom. The third-order valence-corrected chi connectivity index (χ3v) is 3.23. The summed E-state index contributed by atoms with van der Waals surface area (Å²) in [5.41, 5.74) is 1.08. The third kappa shape index (κ3) is 3.35. The molecule has 0 aliphatic carbocycles. The van der Waals surface area contributed by atoms with E-state index in [4.69, 9.17) is 0 Å². The number of benzene rings is 1. The van der Waals surface area contributed by atoms with Crippen LogP contribution in [0.25, 0.3) is 10.6 Å². The van der Waals surface area contributed by atoms with Crippen LogP contribution in [0.2, 0.25) is 0 Å². The van der Waals surface area contributed by atoms with Gasteiger partial charge in [-0.05, 0) is 0 Å². The lowest BCUT2D eigenvalue weighted by molar-refractivity contribution is -0.118. The van der Waals surface area contributed by atoms with Crippen LogP contribution in [0.5, 0.6) is 0 Å². The first-order chi connectivity index (χ1) is 8.25. The summed E-state index contributed by atoms with van der Waals surface area (Å²) in [5, 5.41) is 12.9. The lowest BCUT2D eigenvalue weighted by Gasteiger charge is -1.97. The topological polar surface area (TPSA) is 54.9 Å². The van der Waals surface area contributed by atoms with E-state index in [-0.39, 0.29) is 5.91 Å². The Morgan fingerprint density at radius 1 is 1.29 bits per heavy atom. The minimum absolute atomic E-state index is 0.0159. The molecule has 0 bridgehead atoms. The van der Waals surface area contributed by atoms with Crippen molar-refractivity contribution in [1.29, 1.82) is 0 Å². The molecule has 5 heteroatoms. The van der Waals surface area contributed by atoms with Gasteiger partial charge >= 0.3 is 0 Å². The van der Waals surface area contributed by atoms with E-state index in [0.29, 0.717) is 6.54 Å². The van der Waals surface area contributed by atoms with E-state index in [1.54, 1.807) is 11.3 Å². The number of amides is 1. The summed E-state index contributed by atoms with van der Waals surface area (Å²) in [6.07, 6.45) is 0.726. The summed E-state index contributed by atoms with van der Waals surface area (Å²) < 4.78 is 0. The first-order valence-electron chi connectivity index (χ1n) is 5.38. The van der Waals surface area contributed by atoms with Crippen LogP contribution in [0.15, 0.2) is 30.3 Å². The molecular formula is C12H13N3OS. The third-order valence-electron chi connectivity index (χ3n) is 2.20. The summed E-state index contributed by atoms with van der Waals surface area (Å²) in [5.74, 6) is -0.0159. The monoisotopic (exact) mass is 247 g/mol. The molecule has 0 saturated heterocycles. The Kier molecular flexibility index (Phi) is 3.82. The Bertz CT molecular complexity index is 495. The maximum Gasteiger partial charge on any atom is 0.216 e. The van der Waals surface area contributed by atoms with Gasteiger partial charge in [-0.15, -0.1) is 10.2 Å². The number of nitrogens with zero attached hydrogens (tertiary/aromatic N) is 2. The van der Waals surface area contributed by atoms with E-state index in [1.807, 2.05) is 30.3 Å². The molecule has 0 radical (unpaired) electrons. The molecule has 88 valence electrons. The van der Waals surface area contributed by atoms with Crippen molar-refractivity contribution in [2.45, 2.75) is 13.3 Å². The highest BCUT2D eigenvalue weighted by molar-refractivity contribution is 7.14. The van der Waals surface area contributed by atoms with Gasteiger partial charge in [0.25, 0.3) is 0 Å². The minimum Gasteiger partial charge on any atom is -0.356 e. The van der Waals surface area contributed by atoms with E-state index in [2.05, 4.69) is 15.5 Å². The van der Waals surface area contributed by atoms with Crippen LogP contribution in [-0.2, 0) is 11.2 Å². The molecule has 2 rings (SSSR count). The molecule has 2 aromatic rings. The van der Waals surface area contributed by atoms with E-state index in [9.17, 15) is 4.79 Å². The molecule has 0 aliphatic rings. The molecule has 0 fully saturated rings. The summed E-state index contributed by atoms with van der Waals surface area (Å²) in [7, 11) is 0. The van der Waals surface area contributed by atoms with Gasteiger partial charge in [-0.1, -0.05) is 41.7 Å². The lowest BCUT2D eigenvalue weighted by Crippen LogP contribution is -2.22. The zero-order valence-corrected chi connectivity index (χ0v) is 10.3. The zero-order valence-electron chi connectivity index (χ0n) is 9.51. The molecule has 1 aromatic heterocycles. The number of hydrogen-bond donors (Lipinski definition) is 1. The van der Waals surface area contributed by atoms with Crippen molar-refractivity contribution in [3.05, 3.63) is 35.3 Å². The van der Waals surface area contributed by atoms with Crippen molar-refractivity contribution in [1.82, 2.24) is 15.5 Å². The van der Waals surface area contributed by atoms with Crippen molar-refractivity contribution >= 4 is 17.2 Å². The van der Waals surface area contributed by atoms with Crippen LogP contribution >= 0.6 is 11.3 Å². The molecule has 0 aliphatic heterocycles. The maximum absolute atomic E-state index is 10.7. The molecule has 1 aromatic carbocycles. The fourth-order valence-electron chi connectivity index (χ4n) is 1.40. The second kappa shape index (κ2) is 5.54. The quantitative estimate of drug-likeness (QED) is 0.897. The van der Waals surface area contributed by atoms with E-state index in [1.165, 1.54) is 6.92 Å². The number of carbonyl (C=O) groups excluding carboxylic acids is 1. The number of nitrogens with one attached hydrogen (secondary N) is 1. The molecular weight excluding hydrogens is 234 g/mol. The predicted octanol–water partition coefficient (Wildman–Crippen LogP) is 1.88. The van der Waals surface area contributed by atoms with E-state index in [0.717, 1.165) is 22.0 Å². The number of rotatable bonds is 4. The van der Waals surface area contributed by atoms with Crippen LogP contribution in [0.4, 0.5) is 0 Å². The van der Waals surface area contributed by atoms with Gasteiger partial charge in [-0.25, -0.2) is 0 Å². The largest absolute Gasteiger partial charge is 0.356 e. The van der Waals surface area contributed by atoms with Crippen molar-refractivity contribution in [2.75, 3.05) is 6.54 Å². The van der Waals surface area contributed by atoms with Crippen LogP contribution in [0.3, 0.4) is 0 Å². The average molecular weight is 247 g/mol. The fourth-order valence-corrected chi connectivity index (χ4v) is 2.24. The first-order valence-corrected chi connectivity index (χ1v) is 6.19. The molecule has 17 heavy (non-hydrogen) atoms. The standard InChI is InChI=1S/C12H13N3OS/c1-9(16)13-8-7-11-14-15-12(17-11)10-5-3-2-4-6-10/h2-6H,7-8H2,1H3,(H,13,16). The maximum atomic E-state index is 10.7. The van der Waals surface area contributed by atoms with Gasteiger partial charge in [0, 0.05) is 25.5 Å². The minimum atomic E-state index is -0.0159. The summed E-state index contributed by atoms with van der Waals surface area (Å²) in [6.45, 7) is 2.12. The fraction of sp³-hybridized carbons (Fsp3) is 0.250. The number of carbonyl (C=O) groups is 1. The van der Waals surface area contributed by atoms with Gasteiger partial charge < -0.3 is 5.32 Å². The molecule has 0 atom stereocenters. The highest BCUT2D eigenvalue weighted by Gasteiger charge is 2.05. The number of hydrogen-bond acceptors (Lipinski definition) is 4. The summed E-state index contributed by atoms with van der Waals surface area (Å²) in [6, 6.07) is 9.96. The Balaban J connectivity index is 1.99. The van der Waals surface area contributed by atoms with Crippen molar-refractivity contribution in [2.24, 2.45) is 0 Å². The van der Waals surface area contributed by atoms with Crippen molar-refractivity contribution < 1.29 is 4.79 Å². The molecule has 1 amide bonds. The zero-order chi connectivity index (χ0) is 12.1. The smallest absolute Gasteiger partial charge is 0.216 e. The lowest BCUT2D eigenvalue weighted by atomic mass is 10.2. The first kappa shape index (κ1) is 11.7. The van der Waals surface area contributed by atoms with Crippen LogP contribution in [0.1, 0.15) is 11.9 Å². The van der Waals surface area contributed by atoms with Crippen LogP contribution < -0.4 is 5.32 Å². The highest BCUT2D eigenvalue weighted by Crippen LogP contribution is 2.22. The van der Waals surface area contributed by atoms with Crippen molar-refractivity contribution in [3.8, 4) is 10.6 Å².